The van der Waals surface area contributed by atoms with Crippen LogP contribution >= 0.6 is 0 Å². The molecular weight excluding hydrogens is 225 g/mol. The van der Waals surface area contributed by atoms with Gasteiger partial charge in [0.2, 0.25) is 6.41 Å². The molecule has 2 atom stereocenters. The van der Waals surface area contributed by atoms with Gasteiger partial charge in [0.25, 0.3) is 5.72 Å². The summed E-state index contributed by atoms with van der Waals surface area (Å²) in [7, 11) is 0. The van der Waals surface area contributed by atoms with E-state index in [1.54, 1.807) is 0 Å². The summed E-state index contributed by atoms with van der Waals surface area (Å²) in [6.07, 6.45) is -2.99. The topological polar surface area (TPSA) is 52.9 Å². The normalized spacial score (nSPS) is 34.6. The second-order valence-electron chi connectivity index (χ2n) is 4.06. The number of carbonyl (C=O) groups excluding carboxylic acids is 1. The third kappa shape index (κ3) is 1.34. The summed E-state index contributed by atoms with van der Waals surface area (Å²) in [4.78, 5) is 10.6. The highest BCUT2D eigenvalue weighted by atomic mass is 19.4. The number of alkyl halides is 3. The first kappa shape index (κ1) is 11.4. The molecule has 0 saturated heterocycles. The summed E-state index contributed by atoms with van der Waals surface area (Å²) in [5, 5.41) is 13.4. The van der Waals surface area contributed by atoms with Crippen LogP contribution in [0.15, 0.2) is 5.10 Å². The third-order valence-corrected chi connectivity index (χ3v) is 3.17. The Morgan fingerprint density at radius 2 is 2.19 bits per heavy atom. The van der Waals surface area contributed by atoms with E-state index in [1.807, 2.05) is 0 Å². The molecule has 0 aromatic rings. The zero-order chi connectivity index (χ0) is 12.0. The molecule has 1 aliphatic carbocycles. The molecule has 2 aliphatic rings. The summed E-state index contributed by atoms with van der Waals surface area (Å²) in [5.74, 6) is -1.11. The predicted octanol–water partition coefficient (Wildman–Crippen LogP) is 1.26. The molecule has 1 aliphatic heterocycles. The van der Waals surface area contributed by atoms with Gasteiger partial charge >= 0.3 is 6.18 Å². The Kier molecular flexibility index (Phi) is 2.45. The van der Waals surface area contributed by atoms with Crippen LogP contribution in [0.4, 0.5) is 13.2 Å². The minimum atomic E-state index is -4.89. The minimum Gasteiger partial charge on any atom is -0.362 e. The highest BCUT2D eigenvalue weighted by Gasteiger charge is 2.67. The Labute approximate surface area is 89.7 Å². The van der Waals surface area contributed by atoms with Gasteiger partial charge in [0.15, 0.2) is 0 Å². The van der Waals surface area contributed by atoms with Crippen molar-refractivity contribution in [3.63, 3.8) is 0 Å². The maximum atomic E-state index is 12.8. The second kappa shape index (κ2) is 3.44. The van der Waals surface area contributed by atoms with Crippen LogP contribution in [0.3, 0.4) is 0 Å². The summed E-state index contributed by atoms with van der Waals surface area (Å²) < 4.78 is 38.5. The summed E-state index contributed by atoms with van der Waals surface area (Å²) >= 11 is 0. The van der Waals surface area contributed by atoms with Crippen LogP contribution in [-0.2, 0) is 4.79 Å². The van der Waals surface area contributed by atoms with E-state index in [1.165, 1.54) is 0 Å². The van der Waals surface area contributed by atoms with E-state index in [9.17, 15) is 23.1 Å². The van der Waals surface area contributed by atoms with Crippen molar-refractivity contribution in [3.05, 3.63) is 0 Å². The van der Waals surface area contributed by atoms with Crippen LogP contribution in [0.5, 0.6) is 0 Å². The fraction of sp³-hybridized carbons (Fsp3) is 0.778. The van der Waals surface area contributed by atoms with E-state index in [-0.39, 0.29) is 23.6 Å². The van der Waals surface area contributed by atoms with Gasteiger partial charge in [-0.3, -0.25) is 4.79 Å². The average molecular weight is 236 g/mol. The van der Waals surface area contributed by atoms with Gasteiger partial charge in [-0.25, -0.2) is 0 Å². The summed E-state index contributed by atoms with van der Waals surface area (Å²) in [6, 6.07) is 0. The van der Waals surface area contributed by atoms with Crippen LogP contribution in [0.2, 0.25) is 0 Å². The van der Waals surface area contributed by atoms with Crippen molar-refractivity contribution in [1.29, 1.82) is 0 Å². The SMILES string of the molecule is O=CN1N=C2CCCC[C@H]2[C@]1(O)C(F)(F)F. The van der Waals surface area contributed by atoms with Gasteiger partial charge < -0.3 is 5.11 Å². The van der Waals surface area contributed by atoms with Crippen LogP contribution in [0.1, 0.15) is 25.7 Å². The van der Waals surface area contributed by atoms with Gasteiger partial charge in [-0.05, 0) is 19.3 Å². The maximum absolute atomic E-state index is 12.8. The lowest BCUT2D eigenvalue weighted by Gasteiger charge is -2.36. The molecule has 7 heteroatoms. The molecule has 16 heavy (non-hydrogen) atoms. The highest BCUT2D eigenvalue weighted by Crippen LogP contribution is 2.47. The number of aliphatic hydroxyl groups is 1. The zero-order valence-electron chi connectivity index (χ0n) is 8.37. The Bertz CT molecular complexity index is 342. The monoisotopic (exact) mass is 236 g/mol. The third-order valence-electron chi connectivity index (χ3n) is 3.17. The zero-order valence-corrected chi connectivity index (χ0v) is 8.37. The molecule has 1 saturated carbocycles. The van der Waals surface area contributed by atoms with E-state index < -0.39 is 17.8 Å². The van der Waals surface area contributed by atoms with Crippen LogP contribution < -0.4 is 0 Å². The molecule has 1 N–H and O–H groups in total. The molecule has 0 spiro atoms. The van der Waals surface area contributed by atoms with Crippen LogP contribution in [-0.4, -0.2) is 34.1 Å². The Balaban J connectivity index is 2.41. The number of amides is 1. The van der Waals surface area contributed by atoms with Gasteiger partial charge in [-0.15, -0.1) is 0 Å². The smallest absolute Gasteiger partial charge is 0.362 e. The molecule has 1 fully saturated rings. The quantitative estimate of drug-likeness (QED) is 0.697. The van der Waals surface area contributed by atoms with E-state index in [2.05, 4.69) is 5.10 Å². The lowest BCUT2D eigenvalue weighted by Crippen LogP contribution is -2.59. The molecule has 1 amide bonds. The van der Waals surface area contributed by atoms with Crippen molar-refractivity contribution < 1.29 is 23.1 Å². The minimum absolute atomic E-state index is 0.0706. The van der Waals surface area contributed by atoms with Crippen molar-refractivity contribution in [2.75, 3.05) is 0 Å². The molecular formula is C9H11F3N2O2. The number of halogens is 3. The second-order valence-corrected chi connectivity index (χ2v) is 4.06. The molecule has 1 heterocycles. The number of rotatable bonds is 1. The Morgan fingerprint density at radius 3 is 2.75 bits per heavy atom. The van der Waals surface area contributed by atoms with E-state index in [0.29, 0.717) is 12.8 Å². The Morgan fingerprint density at radius 1 is 1.50 bits per heavy atom. The highest BCUT2D eigenvalue weighted by molar-refractivity contribution is 5.91. The van der Waals surface area contributed by atoms with Crippen molar-refractivity contribution in [3.8, 4) is 0 Å². The molecule has 2 rings (SSSR count). The first-order chi connectivity index (χ1) is 7.41. The average Bonchev–Trinajstić information content (AvgIpc) is 2.53. The van der Waals surface area contributed by atoms with Crippen LogP contribution in [0, 0.1) is 5.92 Å². The van der Waals surface area contributed by atoms with Gasteiger partial charge in [0.1, 0.15) is 0 Å². The Hall–Kier alpha value is -1.11. The van der Waals surface area contributed by atoms with Gasteiger partial charge in [-0.1, -0.05) is 6.42 Å². The van der Waals surface area contributed by atoms with Crippen LogP contribution in [0.25, 0.3) is 0 Å². The molecule has 0 bridgehead atoms. The summed E-state index contributed by atoms with van der Waals surface area (Å²) in [5.41, 5.74) is -2.87. The fourth-order valence-electron chi connectivity index (χ4n) is 2.35. The first-order valence-electron chi connectivity index (χ1n) is 5.02. The fourth-order valence-corrected chi connectivity index (χ4v) is 2.35. The number of hydrogen-bond acceptors (Lipinski definition) is 3. The van der Waals surface area contributed by atoms with Gasteiger partial charge in [0, 0.05) is 5.71 Å². The maximum Gasteiger partial charge on any atom is 0.439 e. The summed E-state index contributed by atoms with van der Waals surface area (Å²) in [6.45, 7) is 0. The molecule has 0 aromatic heterocycles. The van der Waals surface area contributed by atoms with Crippen molar-refractivity contribution in [2.24, 2.45) is 11.0 Å². The van der Waals surface area contributed by atoms with Gasteiger partial charge in [-0.2, -0.15) is 23.3 Å². The largest absolute Gasteiger partial charge is 0.439 e. The number of hydrazone groups is 1. The van der Waals surface area contributed by atoms with E-state index in [0.717, 1.165) is 6.42 Å². The molecule has 4 nitrogen and oxygen atoms in total. The molecule has 90 valence electrons. The first-order valence-corrected chi connectivity index (χ1v) is 5.02. The number of nitrogens with zero attached hydrogens (tertiary/aromatic N) is 2. The standard InChI is InChI=1S/C9H11F3N2O2/c10-9(11,12)8(16)6-3-1-2-4-7(6)13-14(8)5-15/h5-6,16H,1-4H2/t6-,8+/m1/s1. The lowest BCUT2D eigenvalue weighted by molar-refractivity contribution is -0.314. The van der Waals surface area contributed by atoms with Crippen molar-refractivity contribution in [1.82, 2.24) is 5.01 Å². The molecule has 0 unspecified atom stereocenters. The van der Waals surface area contributed by atoms with Gasteiger partial charge in [0.05, 0.1) is 5.92 Å². The van der Waals surface area contributed by atoms with Crippen molar-refractivity contribution in [2.45, 2.75) is 37.6 Å². The number of hydrogen-bond donors (Lipinski definition) is 1. The predicted molar refractivity (Wildman–Crippen MR) is 48.3 cm³/mol. The van der Waals surface area contributed by atoms with E-state index >= 15 is 0 Å². The lowest BCUT2D eigenvalue weighted by atomic mass is 9.80. The molecule has 0 aromatic carbocycles. The van der Waals surface area contributed by atoms with Crippen molar-refractivity contribution >= 4 is 12.1 Å². The number of fused-ring (bicyclic) bond motifs is 1. The van der Waals surface area contributed by atoms with E-state index in [4.69, 9.17) is 0 Å². The number of carbonyl (C=O) groups is 1. The molecule has 0 radical (unpaired) electrons.